The zero-order valence-corrected chi connectivity index (χ0v) is 12.0. The smallest absolute Gasteiger partial charge is 0.345 e. The molecule has 0 radical (unpaired) electrons. The van der Waals surface area contributed by atoms with E-state index in [1.807, 2.05) is 13.8 Å². The zero-order valence-electron chi connectivity index (χ0n) is 11.1. The highest BCUT2D eigenvalue weighted by Crippen LogP contribution is 2.16. The van der Waals surface area contributed by atoms with Gasteiger partial charge in [-0.15, -0.1) is 11.3 Å². The predicted molar refractivity (Wildman–Crippen MR) is 73.9 cm³/mol. The fraction of sp³-hybridized carbons (Fsp3) is 0.538. The summed E-state index contributed by atoms with van der Waals surface area (Å²) in [5, 5.41) is 11.5. The second-order valence-electron chi connectivity index (χ2n) is 4.35. The molecule has 0 aliphatic rings. The summed E-state index contributed by atoms with van der Waals surface area (Å²) in [6.07, 6.45) is 1.97. The molecule has 5 nitrogen and oxygen atoms in total. The average Bonchev–Trinajstić information content (AvgIpc) is 2.82. The van der Waals surface area contributed by atoms with E-state index >= 15 is 0 Å². The third-order valence-corrected chi connectivity index (χ3v) is 3.42. The summed E-state index contributed by atoms with van der Waals surface area (Å²) in [4.78, 5) is 23.0. The van der Waals surface area contributed by atoms with E-state index in [-0.39, 0.29) is 16.9 Å². The molecule has 0 bridgehead atoms. The quantitative estimate of drug-likeness (QED) is 0.719. The molecule has 0 fully saturated rings. The van der Waals surface area contributed by atoms with E-state index in [1.54, 1.807) is 0 Å². The van der Waals surface area contributed by atoms with Gasteiger partial charge in [0, 0.05) is 13.2 Å². The molecule has 0 aliphatic carbocycles. The normalized spacial score (nSPS) is 10.7. The number of nitrogens with one attached hydrogen (secondary N) is 1. The van der Waals surface area contributed by atoms with Gasteiger partial charge in [0.25, 0.3) is 5.91 Å². The number of amides is 1. The van der Waals surface area contributed by atoms with Gasteiger partial charge in [0.2, 0.25) is 0 Å². The lowest BCUT2D eigenvalue weighted by Crippen LogP contribution is -2.23. The summed E-state index contributed by atoms with van der Waals surface area (Å²) in [6.45, 7) is 5.23. The van der Waals surface area contributed by atoms with Crippen LogP contribution < -0.4 is 5.32 Å². The Morgan fingerprint density at radius 1 is 1.32 bits per heavy atom. The van der Waals surface area contributed by atoms with Gasteiger partial charge in [0.15, 0.2) is 0 Å². The molecule has 1 heterocycles. The van der Waals surface area contributed by atoms with Crippen molar-refractivity contribution >= 4 is 23.2 Å². The second-order valence-corrected chi connectivity index (χ2v) is 5.44. The summed E-state index contributed by atoms with van der Waals surface area (Å²) in [5.74, 6) is -1.22. The van der Waals surface area contributed by atoms with E-state index in [0.717, 1.165) is 24.2 Å². The summed E-state index contributed by atoms with van der Waals surface area (Å²) < 4.78 is 5.39. The van der Waals surface area contributed by atoms with Crippen molar-refractivity contribution in [2.24, 2.45) is 0 Å². The second kappa shape index (κ2) is 7.91. The Balaban J connectivity index is 2.22. The van der Waals surface area contributed by atoms with Gasteiger partial charge < -0.3 is 15.2 Å². The standard InChI is InChI=1S/C13H19NO4S/c1-9(2)18-8-4-3-7-14-12(15)10-5-6-11(19-10)13(16)17/h5-6,9H,3-4,7-8H2,1-2H3,(H,14,15)(H,16,17). The molecule has 0 saturated carbocycles. The maximum Gasteiger partial charge on any atom is 0.345 e. The third kappa shape index (κ3) is 5.85. The van der Waals surface area contributed by atoms with Crippen LogP contribution in [0.2, 0.25) is 0 Å². The predicted octanol–water partition coefficient (Wildman–Crippen LogP) is 2.38. The summed E-state index contributed by atoms with van der Waals surface area (Å²) in [6, 6.07) is 2.98. The highest BCUT2D eigenvalue weighted by Gasteiger charge is 2.12. The Morgan fingerprint density at radius 2 is 2.00 bits per heavy atom. The molecule has 0 saturated heterocycles. The highest BCUT2D eigenvalue weighted by atomic mass is 32.1. The van der Waals surface area contributed by atoms with Crippen LogP contribution in [0.5, 0.6) is 0 Å². The first kappa shape index (κ1) is 15.7. The molecular formula is C13H19NO4S. The lowest BCUT2D eigenvalue weighted by molar-refractivity contribution is 0.0701. The van der Waals surface area contributed by atoms with E-state index in [4.69, 9.17) is 9.84 Å². The number of hydrogen-bond acceptors (Lipinski definition) is 4. The molecule has 2 N–H and O–H groups in total. The number of aromatic carboxylic acids is 1. The van der Waals surface area contributed by atoms with Crippen molar-refractivity contribution in [3.05, 3.63) is 21.9 Å². The van der Waals surface area contributed by atoms with Crippen molar-refractivity contribution in [1.82, 2.24) is 5.32 Å². The van der Waals surface area contributed by atoms with Gasteiger partial charge in [0.1, 0.15) is 4.88 Å². The van der Waals surface area contributed by atoms with E-state index < -0.39 is 5.97 Å². The highest BCUT2D eigenvalue weighted by molar-refractivity contribution is 7.15. The number of hydrogen-bond donors (Lipinski definition) is 2. The fourth-order valence-electron chi connectivity index (χ4n) is 1.41. The number of ether oxygens (including phenoxy) is 1. The minimum absolute atomic E-state index is 0.176. The van der Waals surface area contributed by atoms with Gasteiger partial charge in [-0.3, -0.25) is 4.79 Å². The van der Waals surface area contributed by atoms with Gasteiger partial charge in [-0.25, -0.2) is 4.79 Å². The molecule has 1 rings (SSSR count). The van der Waals surface area contributed by atoms with E-state index in [0.29, 0.717) is 18.0 Å². The molecule has 0 spiro atoms. The molecule has 106 valence electrons. The Morgan fingerprint density at radius 3 is 2.58 bits per heavy atom. The zero-order chi connectivity index (χ0) is 14.3. The Labute approximate surface area is 116 Å². The molecule has 1 aromatic rings. The molecule has 0 atom stereocenters. The Kier molecular flexibility index (Phi) is 6.52. The van der Waals surface area contributed by atoms with Crippen LogP contribution in [0.3, 0.4) is 0 Å². The summed E-state index contributed by atoms with van der Waals surface area (Å²) in [7, 11) is 0. The number of carboxylic acid groups (broad SMARTS) is 1. The van der Waals surface area contributed by atoms with E-state index in [1.165, 1.54) is 12.1 Å². The lowest BCUT2D eigenvalue weighted by Gasteiger charge is -2.07. The molecule has 0 aromatic carbocycles. The minimum Gasteiger partial charge on any atom is -0.477 e. The van der Waals surface area contributed by atoms with Gasteiger partial charge in [-0.05, 0) is 38.8 Å². The molecule has 6 heteroatoms. The molecular weight excluding hydrogens is 266 g/mol. The topological polar surface area (TPSA) is 75.6 Å². The number of carbonyl (C=O) groups is 2. The third-order valence-electron chi connectivity index (χ3n) is 2.35. The van der Waals surface area contributed by atoms with Gasteiger partial charge in [-0.1, -0.05) is 0 Å². The first-order valence-electron chi connectivity index (χ1n) is 6.23. The lowest BCUT2D eigenvalue weighted by atomic mass is 10.3. The van der Waals surface area contributed by atoms with E-state index in [9.17, 15) is 9.59 Å². The molecule has 19 heavy (non-hydrogen) atoms. The van der Waals surface area contributed by atoms with Crippen LogP contribution in [0.4, 0.5) is 0 Å². The van der Waals surface area contributed by atoms with Crippen molar-refractivity contribution in [3.8, 4) is 0 Å². The number of rotatable bonds is 8. The maximum absolute atomic E-state index is 11.7. The Bertz CT molecular complexity index is 428. The van der Waals surface area contributed by atoms with Crippen LogP contribution in [0.15, 0.2) is 12.1 Å². The van der Waals surface area contributed by atoms with Crippen LogP contribution in [0.25, 0.3) is 0 Å². The molecule has 1 aromatic heterocycles. The summed E-state index contributed by atoms with van der Waals surface area (Å²) in [5.41, 5.74) is 0. The number of unbranched alkanes of at least 4 members (excludes halogenated alkanes) is 1. The van der Waals surface area contributed by atoms with Crippen molar-refractivity contribution < 1.29 is 19.4 Å². The fourth-order valence-corrected chi connectivity index (χ4v) is 2.17. The van der Waals surface area contributed by atoms with Crippen molar-refractivity contribution in [2.75, 3.05) is 13.2 Å². The van der Waals surface area contributed by atoms with Gasteiger partial charge in [0.05, 0.1) is 11.0 Å². The molecule has 0 unspecified atom stereocenters. The van der Waals surface area contributed by atoms with Gasteiger partial charge >= 0.3 is 5.97 Å². The first-order valence-corrected chi connectivity index (χ1v) is 7.05. The summed E-state index contributed by atoms with van der Waals surface area (Å²) >= 11 is 0.985. The van der Waals surface area contributed by atoms with Crippen LogP contribution in [0, 0.1) is 0 Å². The van der Waals surface area contributed by atoms with Crippen molar-refractivity contribution in [2.45, 2.75) is 32.8 Å². The minimum atomic E-state index is -1.00. The number of carbonyl (C=O) groups excluding carboxylic acids is 1. The SMILES string of the molecule is CC(C)OCCCCNC(=O)c1ccc(C(=O)O)s1. The maximum atomic E-state index is 11.7. The van der Waals surface area contributed by atoms with Gasteiger partial charge in [-0.2, -0.15) is 0 Å². The van der Waals surface area contributed by atoms with E-state index in [2.05, 4.69) is 5.32 Å². The number of thiophene rings is 1. The monoisotopic (exact) mass is 285 g/mol. The Hall–Kier alpha value is -1.40. The number of carboxylic acids is 1. The molecule has 1 amide bonds. The van der Waals surface area contributed by atoms with Crippen LogP contribution >= 0.6 is 11.3 Å². The largest absolute Gasteiger partial charge is 0.477 e. The van der Waals surface area contributed by atoms with Crippen LogP contribution in [-0.4, -0.2) is 36.2 Å². The van der Waals surface area contributed by atoms with Crippen LogP contribution in [0.1, 0.15) is 46.0 Å². The van der Waals surface area contributed by atoms with Crippen LogP contribution in [-0.2, 0) is 4.74 Å². The average molecular weight is 285 g/mol. The van der Waals surface area contributed by atoms with Crippen molar-refractivity contribution in [1.29, 1.82) is 0 Å². The van der Waals surface area contributed by atoms with Crippen molar-refractivity contribution in [3.63, 3.8) is 0 Å². The molecule has 0 aliphatic heterocycles. The first-order chi connectivity index (χ1) is 9.00.